The van der Waals surface area contributed by atoms with Gasteiger partial charge in [-0.05, 0) is 35.4 Å². The summed E-state index contributed by atoms with van der Waals surface area (Å²) < 4.78 is 14.3. The van der Waals surface area contributed by atoms with E-state index in [1.165, 1.54) is 29.0 Å². The highest BCUT2D eigenvalue weighted by Crippen LogP contribution is 2.04. The van der Waals surface area contributed by atoms with E-state index in [9.17, 15) is 18.8 Å². The highest BCUT2D eigenvalue weighted by Gasteiger charge is 2.13. The first-order valence-corrected chi connectivity index (χ1v) is 8.60. The van der Waals surface area contributed by atoms with Crippen molar-refractivity contribution in [2.45, 2.75) is 13.0 Å². The van der Waals surface area contributed by atoms with Crippen molar-refractivity contribution in [2.24, 2.45) is 0 Å². The molecule has 0 atom stereocenters. The maximum Gasteiger partial charge on any atom is 0.275 e. The van der Waals surface area contributed by atoms with Gasteiger partial charge in [-0.15, -0.1) is 0 Å². The van der Waals surface area contributed by atoms with Crippen LogP contribution in [0.5, 0.6) is 0 Å². The highest BCUT2D eigenvalue weighted by molar-refractivity contribution is 5.95. The van der Waals surface area contributed by atoms with Crippen LogP contribution in [0.15, 0.2) is 77.7 Å². The molecular weight excluding hydrogens is 361 g/mol. The zero-order valence-electron chi connectivity index (χ0n) is 14.9. The smallest absolute Gasteiger partial charge is 0.275 e. The molecule has 0 fully saturated rings. The van der Waals surface area contributed by atoms with E-state index in [1.54, 1.807) is 30.3 Å². The molecule has 1 aromatic heterocycles. The number of halogens is 1. The van der Waals surface area contributed by atoms with E-state index in [0.29, 0.717) is 0 Å². The molecule has 142 valence electrons. The zero-order valence-corrected chi connectivity index (χ0v) is 14.9. The number of hydrogen-bond acceptors (Lipinski definition) is 3. The lowest BCUT2D eigenvalue weighted by Crippen LogP contribution is -2.44. The summed E-state index contributed by atoms with van der Waals surface area (Å²) in [5.41, 5.74) is 5.46. The highest BCUT2D eigenvalue weighted by atomic mass is 19.1. The Morgan fingerprint density at radius 3 is 2.29 bits per heavy atom. The molecule has 6 nitrogen and oxygen atoms in total. The number of aromatic nitrogens is 1. The molecule has 2 amide bonds. The molecule has 0 saturated carbocycles. The van der Waals surface area contributed by atoms with E-state index in [4.69, 9.17) is 0 Å². The average Bonchev–Trinajstić information content (AvgIpc) is 2.70. The van der Waals surface area contributed by atoms with Gasteiger partial charge in [0, 0.05) is 6.20 Å². The average molecular weight is 379 g/mol. The minimum absolute atomic E-state index is 0.102. The Labute approximate surface area is 160 Å². The van der Waals surface area contributed by atoms with Crippen LogP contribution in [0.25, 0.3) is 0 Å². The summed E-state index contributed by atoms with van der Waals surface area (Å²) in [5.74, 6) is -1.47. The van der Waals surface area contributed by atoms with Crippen LogP contribution in [0, 0.1) is 5.82 Å². The van der Waals surface area contributed by atoms with Gasteiger partial charge in [0.1, 0.15) is 11.4 Å². The first kappa shape index (κ1) is 19.0. The van der Waals surface area contributed by atoms with Gasteiger partial charge in [0.15, 0.2) is 0 Å². The Hall–Kier alpha value is -3.74. The van der Waals surface area contributed by atoms with Crippen molar-refractivity contribution >= 4 is 11.8 Å². The number of rotatable bonds is 5. The summed E-state index contributed by atoms with van der Waals surface area (Å²) in [6.45, 7) is 0.195. The van der Waals surface area contributed by atoms with E-state index in [0.717, 1.165) is 11.1 Å². The number of pyridine rings is 1. The summed E-state index contributed by atoms with van der Waals surface area (Å²) in [4.78, 5) is 36.7. The lowest BCUT2D eigenvalue weighted by atomic mass is 10.1. The molecule has 0 saturated heterocycles. The van der Waals surface area contributed by atoms with Crippen molar-refractivity contribution in [2.75, 3.05) is 0 Å². The Bertz CT molecular complexity index is 1030. The maximum absolute atomic E-state index is 13.0. The van der Waals surface area contributed by atoms with Crippen LogP contribution in [0.4, 0.5) is 4.39 Å². The summed E-state index contributed by atoms with van der Waals surface area (Å²) in [7, 11) is 0. The fourth-order valence-corrected chi connectivity index (χ4v) is 2.64. The van der Waals surface area contributed by atoms with Crippen LogP contribution < -0.4 is 16.4 Å². The number of benzene rings is 2. The minimum Gasteiger partial charge on any atom is -0.310 e. The van der Waals surface area contributed by atoms with Crippen LogP contribution in [0.2, 0.25) is 0 Å². The molecule has 0 aliphatic carbocycles. The molecule has 3 aromatic rings. The molecule has 2 aromatic carbocycles. The lowest BCUT2D eigenvalue weighted by molar-refractivity contribution is -0.121. The van der Waals surface area contributed by atoms with Crippen molar-refractivity contribution in [1.29, 1.82) is 0 Å². The normalized spacial score (nSPS) is 10.3. The van der Waals surface area contributed by atoms with E-state index >= 15 is 0 Å². The SMILES string of the molecule is O=C(Cc1ccccc1)NNC(=O)c1cccn(Cc2ccc(F)cc2)c1=O. The number of nitrogens with zero attached hydrogens (tertiary/aromatic N) is 1. The number of hydrazine groups is 1. The summed E-state index contributed by atoms with van der Waals surface area (Å²) >= 11 is 0. The van der Waals surface area contributed by atoms with Gasteiger partial charge in [-0.1, -0.05) is 42.5 Å². The van der Waals surface area contributed by atoms with Crippen LogP contribution in [-0.2, 0) is 17.8 Å². The second-order valence-corrected chi connectivity index (χ2v) is 6.15. The third-order valence-corrected chi connectivity index (χ3v) is 4.05. The lowest BCUT2D eigenvalue weighted by Gasteiger charge is -2.10. The van der Waals surface area contributed by atoms with Crippen LogP contribution >= 0.6 is 0 Å². The van der Waals surface area contributed by atoms with Gasteiger partial charge in [0.25, 0.3) is 11.5 Å². The number of carbonyl (C=O) groups is 2. The van der Waals surface area contributed by atoms with Crippen LogP contribution in [-0.4, -0.2) is 16.4 Å². The van der Waals surface area contributed by atoms with Gasteiger partial charge in [-0.2, -0.15) is 0 Å². The summed E-state index contributed by atoms with van der Waals surface area (Å²) in [6.07, 6.45) is 1.64. The summed E-state index contributed by atoms with van der Waals surface area (Å²) in [5, 5.41) is 0. The molecule has 0 bridgehead atoms. The van der Waals surface area contributed by atoms with Crippen molar-refractivity contribution in [1.82, 2.24) is 15.4 Å². The second kappa shape index (κ2) is 8.77. The van der Waals surface area contributed by atoms with Gasteiger partial charge < -0.3 is 4.57 Å². The first-order valence-electron chi connectivity index (χ1n) is 8.60. The van der Waals surface area contributed by atoms with E-state index in [2.05, 4.69) is 10.9 Å². The molecule has 0 radical (unpaired) electrons. The van der Waals surface area contributed by atoms with Gasteiger partial charge in [0.2, 0.25) is 5.91 Å². The maximum atomic E-state index is 13.0. The van der Waals surface area contributed by atoms with E-state index in [1.807, 2.05) is 18.2 Å². The molecule has 0 aliphatic heterocycles. The molecule has 28 heavy (non-hydrogen) atoms. The quantitative estimate of drug-likeness (QED) is 0.666. The predicted octanol–water partition coefficient (Wildman–Crippen LogP) is 2.04. The molecule has 7 heteroatoms. The van der Waals surface area contributed by atoms with Crippen molar-refractivity contribution in [3.63, 3.8) is 0 Å². The minimum atomic E-state index is -0.708. The molecule has 1 heterocycles. The first-order chi connectivity index (χ1) is 13.5. The van der Waals surface area contributed by atoms with E-state index < -0.39 is 17.4 Å². The Kier molecular flexibility index (Phi) is 5.96. The zero-order chi connectivity index (χ0) is 19.9. The number of nitrogens with one attached hydrogen (secondary N) is 2. The predicted molar refractivity (Wildman–Crippen MR) is 102 cm³/mol. The van der Waals surface area contributed by atoms with Gasteiger partial charge in [-0.3, -0.25) is 25.2 Å². The molecule has 2 N–H and O–H groups in total. The molecule has 0 spiro atoms. The molecule has 3 rings (SSSR count). The fraction of sp³-hybridized carbons (Fsp3) is 0.0952. The number of carbonyl (C=O) groups excluding carboxylic acids is 2. The molecule has 0 unspecified atom stereocenters. The topological polar surface area (TPSA) is 80.2 Å². The summed E-state index contributed by atoms with van der Waals surface area (Å²) in [6, 6.07) is 17.8. The van der Waals surface area contributed by atoms with Crippen LogP contribution in [0.1, 0.15) is 21.5 Å². The largest absolute Gasteiger partial charge is 0.310 e. The van der Waals surface area contributed by atoms with Crippen molar-refractivity contribution in [3.8, 4) is 0 Å². The van der Waals surface area contributed by atoms with E-state index in [-0.39, 0.29) is 24.3 Å². The number of hydrogen-bond donors (Lipinski definition) is 2. The fourth-order valence-electron chi connectivity index (χ4n) is 2.64. The van der Waals surface area contributed by atoms with Gasteiger partial charge in [-0.25, -0.2) is 4.39 Å². The van der Waals surface area contributed by atoms with Gasteiger partial charge >= 0.3 is 0 Å². The standard InChI is InChI=1S/C21H18FN3O3/c22-17-10-8-16(9-11-17)14-25-12-4-7-18(21(25)28)20(27)24-23-19(26)13-15-5-2-1-3-6-15/h1-12H,13-14H2,(H,23,26)(H,24,27). The second-order valence-electron chi connectivity index (χ2n) is 6.15. The Morgan fingerprint density at radius 2 is 1.57 bits per heavy atom. The van der Waals surface area contributed by atoms with Crippen LogP contribution in [0.3, 0.4) is 0 Å². The molecule has 0 aliphatic rings. The van der Waals surface area contributed by atoms with Gasteiger partial charge in [0.05, 0.1) is 13.0 Å². The number of amides is 2. The monoisotopic (exact) mass is 379 g/mol. The van der Waals surface area contributed by atoms with Crippen molar-refractivity contribution < 1.29 is 14.0 Å². The Balaban J connectivity index is 1.64. The Morgan fingerprint density at radius 1 is 0.857 bits per heavy atom. The third-order valence-electron chi connectivity index (χ3n) is 4.05. The van der Waals surface area contributed by atoms with Crippen molar-refractivity contribution in [3.05, 3.63) is 106 Å². The molecular formula is C21H18FN3O3. The third kappa shape index (κ3) is 4.91.